The maximum absolute atomic E-state index is 15.9. The van der Waals surface area contributed by atoms with E-state index in [-0.39, 0.29) is 41.6 Å². The van der Waals surface area contributed by atoms with Crippen LogP contribution in [-0.4, -0.2) is 57.5 Å². The van der Waals surface area contributed by atoms with Crippen LogP contribution < -0.4 is 5.32 Å². The Labute approximate surface area is 278 Å². The smallest absolute Gasteiger partial charge is 0.338 e. The molecule has 248 valence electrons. The molecule has 0 aromatic heterocycles. The van der Waals surface area contributed by atoms with Crippen LogP contribution in [0.25, 0.3) is 0 Å². The maximum atomic E-state index is 15.9. The number of anilines is 1. The van der Waals surface area contributed by atoms with Gasteiger partial charge in [0.05, 0.1) is 46.2 Å². The number of carbonyl (C=O) groups is 2. The van der Waals surface area contributed by atoms with Crippen LogP contribution in [-0.2, 0) is 15.1 Å². The number of nitro benzene ring substituents is 1. The Hall–Kier alpha value is -4.17. The zero-order valence-corrected chi connectivity index (χ0v) is 25.7. The normalized spacial score (nSPS) is 23.9. The Morgan fingerprint density at radius 2 is 1.89 bits per heavy atom. The summed E-state index contributed by atoms with van der Waals surface area (Å²) in [7, 11) is 1.11. The summed E-state index contributed by atoms with van der Waals surface area (Å²) in [6.45, 7) is 0.194. The lowest BCUT2D eigenvalue weighted by molar-refractivity contribution is -0.528. The van der Waals surface area contributed by atoms with Crippen molar-refractivity contribution in [2.75, 3.05) is 19.0 Å². The van der Waals surface area contributed by atoms with E-state index in [0.29, 0.717) is 16.3 Å². The van der Waals surface area contributed by atoms with E-state index in [1.54, 1.807) is 17.0 Å². The van der Waals surface area contributed by atoms with E-state index >= 15 is 4.39 Å². The first-order valence-electron chi connectivity index (χ1n) is 14.4. The lowest BCUT2D eigenvalue weighted by Gasteiger charge is -2.39. The first kappa shape index (κ1) is 34.2. The van der Waals surface area contributed by atoms with Gasteiger partial charge in [-0.15, -0.1) is 0 Å². The highest BCUT2D eigenvalue weighted by Crippen LogP contribution is 2.60. The van der Waals surface area contributed by atoms with Crippen LogP contribution in [0.3, 0.4) is 0 Å². The summed E-state index contributed by atoms with van der Waals surface area (Å²) in [6.07, 6.45) is -0.517. The summed E-state index contributed by atoms with van der Waals surface area (Å²) in [5.41, 5.74) is -2.23. The predicted octanol–water partition coefficient (Wildman–Crippen LogP) is 6.26. The minimum atomic E-state index is -1.82. The fraction of sp³-hybridized carbons (Fsp3) is 0.375. The number of carbonyl (C=O) groups excluding carboxylic acids is 2. The Morgan fingerprint density at radius 1 is 1.17 bits per heavy atom. The van der Waals surface area contributed by atoms with Crippen molar-refractivity contribution in [3.8, 4) is 0 Å². The molecular weight excluding hydrogens is 658 g/mol. The number of aliphatic hydroxyl groups excluding tert-OH is 1. The van der Waals surface area contributed by atoms with E-state index in [9.17, 15) is 34.9 Å². The molecule has 1 unspecified atom stereocenters. The summed E-state index contributed by atoms with van der Waals surface area (Å²) >= 11 is 12.4. The molecule has 1 aliphatic carbocycles. The monoisotopic (exact) mass is 688 g/mol. The van der Waals surface area contributed by atoms with Gasteiger partial charge in [-0.05, 0) is 55.5 Å². The van der Waals surface area contributed by atoms with Gasteiger partial charge in [-0.3, -0.25) is 29.9 Å². The van der Waals surface area contributed by atoms with E-state index in [1.165, 1.54) is 36.4 Å². The summed E-state index contributed by atoms with van der Waals surface area (Å²) < 4.78 is 20.6. The number of nitrogens with zero attached hydrogens (tertiary/aromatic N) is 3. The Bertz CT molecular complexity index is 1790. The molecular formula is C32H31Cl2FN4O8. The number of rotatable bonds is 9. The lowest BCUT2D eigenvalue weighted by atomic mass is 9.73. The second kappa shape index (κ2) is 12.8. The van der Waals surface area contributed by atoms with Gasteiger partial charge >= 0.3 is 5.97 Å². The van der Waals surface area contributed by atoms with E-state index in [1.807, 2.05) is 0 Å². The molecule has 2 heterocycles. The van der Waals surface area contributed by atoms with Crippen molar-refractivity contribution in [2.45, 2.75) is 56.3 Å². The van der Waals surface area contributed by atoms with Crippen LogP contribution in [0.5, 0.6) is 0 Å². The summed E-state index contributed by atoms with van der Waals surface area (Å²) in [4.78, 5) is 51.9. The molecule has 5 atom stereocenters. The van der Waals surface area contributed by atoms with Gasteiger partial charge in [-0.2, -0.15) is 0 Å². The predicted molar refractivity (Wildman–Crippen MR) is 171 cm³/mol. The molecule has 6 rings (SSSR count). The van der Waals surface area contributed by atoms with Gasteiger partial charge in [0.2, 0.25) is 6.04 Å². The highest BCUT2D eigenvalue weighted by Gasteiger charge is 2.71. The average Bonchev–Trinajstić information content (AvgIpc) is 3.74. The number of esters is 1. The molecule has 1 spiro atoms. The number of halogens is 3. The number of hydrogen-bond donors (Lipinski definition) is 2. The topological polar surface area (TPSA) is 165 Å². The molecule has 12 nitrogen and oxygen atoms in total. The molecule has 47 heavy (non-hydrogen) atoms. The third-order valence-electron chi connectivity index (χ3n) is 9.21. The van der Waals surface area contributed by atoms with Crippen LogP contribution in [0.1, 0.15) is 65.8 Å². The Kier molecular flexibility index (Phi) is 9.30. The molecule has 2 fully saturated rings. The zero-order valence-electron chi connectivity index (χ0n) is 24.2. The summed E-state index contributed by atoms with van der Waals surface area (Å²) in [5, 5.41) is 39.5. The van der Waals surface area contributed by atoms with Gasteiger partial charge in [0, 0.05) is 39.4 Å². The Balaban J connectivity index is 0.00000433. The van der Waals surface area contributed by atoms with E-state index in [2.05, 4.69) is 10.1 Å². The number of amides is 1. The minimum absolute atomic E-state index is 0. The van der Waals surface area contributed by atoms with Crippen molar-refractivity contribution in [3.63, 3.8) is 0 Å². The third kappa shape index (κ3) is 5.60. The quantitative estimate of drug-likeness (QED) is 0.150. The molecule has 3 aliphatic rings. The van der Waals surface area contributed by atoms with Gasteiger partial charge in [0.1, 0.15) is 11.4 Å². The van der Waals surface area contributed by atoms with E-state index in [4.69, 9.17) is 23.2 Å². The van der Waals surface area contributed by atoms with Crippen molar-refractivity contribution in [1.29, 1.82) is 0 Å². The number of ether oxygens (including phenoxy) is 1. The van der Waals surface area contributed by atoms with Crippen molar-refractivity contribution in [2.24, 2.45) is 5.92 Å². The first-order valence-corrected chi connectivity index (χ1v) is 15.2. The highest BCUT2D eigenvalue weighted by atomic mass is 35.5. The average molecular weight is 690 g/mol. The molecule has 1 amide bonds. The largest absolute Gasteiger partial charge is 0.465 e. The number of methoxy groups -OCH3 is 1. The molecule has 1 saturated heterocycles. The van der Waals surface area contributed by atoms with Gasteiger partial charge in [0.15, 0.2) is 0 Å². The molecule has 0 bridgehead atoms. The number of benzene rings is 3. The summed E-state index contributed by atoms with van der Waals surface area (Å²) in [6, 6.07) is 9.23. The number of hydrogen-bond acceptors (Lipinski definition) is 9. The summed E-state index contributed by atoms with van der Waals surface area (Å²) in [5.74, 6) is -3.76. The van der Waals surface area contributed by atoms with Gasteiger partial charge in [-0.1, -0.05) is 48.8 Å². The lowest BCUT2D eigenvalue weighted by Crippen LogP contribution is -2.53. The molecule has 2 N–H and O–H groups in total. The molecule has 3 aromatic carbocycles. The molecule has 2 aliphatic heterocycles. The number of aliphatic hydroxyl groups is 1. The fourth-order valence-corrected chi connectivity index (χ4v) is 7.47. The second-order valence-electron chi connectivity index (χ2n) is 11.7. The van der Waals surface area contributed by atoms with Crippen LogP contribution >= 0.6 is 23.2 Å². The highest BCUT2D eigenvalue weighted by molar-refractivity contribution is 6.31. The standard InChI is InChI=1S/C31H27Cl2FN4O8.CH4/c1-46-29(40)16-7-9-18(23(11-16)37(42)43)25(39)13-24-28(38(44)45)26(19-3-2-4-21(33)27(19)34)31(36(24)14-15-5-6-15)20-10-8-17(32)12-22(20)35-30(31)41;/h2-4,7-12,15,24-26,28,39H,5-6,13-14H2,1H3,(H,35,41);1H4/t24-,25?,26-,28+,31+;/m0./s1. The van der Waals surface area contributed by atoms with Crippen molar-refractivity contribution >= 4 is 46.5 Å². The zero-order chi connectivity index (χ0) is 33.1. The van der Waals surface area contributed by atoms with E-state index in [0.717, 1.165) is 26.0 Å². The first-order chi connectivity index (χ1) is 21.9. The fourth-order valence-electron chi connectivity index (χ4n) is 7.12. The van der Waals surface area contributed by atoms with Crippen molar-refractivity contribution < 1.29 is 33.7 Å². The van der Waals surface area contributed by atoms with E-state index < -0.39 is 69.3 Å². The SMILES string of the molecule is C.COC(=O)c1ccc(C(O)C[C@H]2[C@@H]([N+](=O)[O-])[C@H](c3cccc(Cl)c3F)[C@]3(C(=O)Nc4cc(Cl)ccc43)N2CC2CC2)c([N+](=O)[O-])c1. The van der Waals surface area contributed by atoms with Crippen LogP contribution in [0, 0.1) is 32.0 Å². The number of nitro groups is 2. The van der Waals surface area contributed by atoms with Crippen LogP contribution in [0.15, 0.2) is 54.6 Å². The third-order valence-corrected chi connectivity index (χ3v) is 9.74. The molecule has 0 radical (unpaired) electrons. The molecule has 15 heteroatoms. The van der Waals surface area contributed by atoms with Crippen LogP contribution in [0.4, 0.5) is 15.8 Å². The number of fused-ring (bicyclic) bond motifs is 2. The number of likely N-dealkylation sites (tertiary alicyclic amines) is 1. The van der Waals surface area contributed by atoms with Gasteiger partial charge in [0.25, 0.3) is 11.6 Å². The minimum Gasteiger partial charge on any atom is -0.465 e. The maximum Gasteiger partial charge on any atom is 0.338 e. The molecule has 3 aromatic rings. The van der Waals surface area contributed by atoms with Crippen molar-refractivity contribution in [1.82, 2.24) is 4.90 Å². The van der Waals surface area contributed by atoms with Gasteiger partial charge < -0.3 is 15.2 Å². The molecule has 1 saturated carbocycles. The number of nitrogens with one attached hydrogen (secondary N) is 1. The second-order valence-corrected chi connectivity index (χ2v) is 12.6. The van der Waals surface area contributed by atoms with Crippen molar-refractivity contribution in [3.05, 3.63) is 113 Å². The van der Waals surface area contributed by atoms with Crippen LogP contribution in [0.2, 0.25) is 10.0 Å². The van der Waals surface area contributed by atoms with Gasteiger partial charge in [-0.25, -0.2) is 9.18 Å². The Morgan fingerprint density at radius 3 is 2.53 bits per heavy atom.